The molecular weight excluding hydrogens is 218 g/mol. The van der Waals surface area contributed by atoms with E-state index in [9.17, 15) is 4.79 Å². The molecule has 0 aliphatic carbocycles. The predicted octanol–water partition coefficient (Wildman–Crippen LogP) is 1.07. The molecule has 1 aromatic heterocycles. The Bertz CT molecular complexity index is 349. The highest BCUT2D eigenvalue weighted by molar-refractivity contribution is 5.92. The Morgan fingerprint density at radius 2 is 2.29 bits per heavy atom. The van der Waals surface area contributed by atoms with Gasteiger partial charge in [0.1, 0.15) is 5.69 Å². The standard InChI is InChI=1S/C12H19N3O2/c1-9(2)8-17-6-5-14-12(16)11-4-3-10(13)7-15-11/h3-4,7,9H,5-6,8,13H2,1-2H3,(H,14,16). The maximum absolute atomic E-state index is 11.6. The fraction of sp³-hybridized carbons (Fsp3) is 0.500. The second-order valence-corrected chi connectivity index (χ2v) is 4.20. The first-order chi connectivity index (χ1) is 8.09. The Morgan fingerprint density at radius 3 is 2.88 bits per heavy atom. The Kier molecular flexibility index (Phi) is 5.42. The Balaban J connectivity index is 2.23. The summed E-state index contributed by atoms with van der Waals surface area (Å²) in [5, 5.41) is 2.72. The highest BCUT2D eigenvalue weighted by Crippen LogP contribution is 2.00. The van der Waals surface area contributed by atoms with Crippen molar-refractivity contribution >= 4 is 11.6 Å². The van der Waals surface area contributed by atoms with E-state index in [0.29, 0.717) is 37.1 Å². The molecule has 94 valence electrons. The van der Waals surface area contributed by atoms with E-state index in [1.807, 2.05) is 0 Å². The summed E-state index contributed by atoms with van der Waals surface area (Å²) in [6.07, 6.45) is 1.46. The third kappa shape index (κ3) is 5.31. The van der Waals surface area contributed by atoms with Gasteiger partial charge < -0.3 is 15.8 Å². The lowest BCUT2D eigenvalue weighted by Gasteiger charge is -2.07. The van der Waals surface area contributed by atoms with Crippen LogP contribution in [0.2, 0.25) is 0 Å². The number of pyridine rings is 1. The van der Waals surface area contributed by atoms with Gasteiger partial charge in [-0.15, -0.1) is 0 Å². The lowest BCUT2D eigenvalue weighted by molar-refractivity contribution is 0.0882. The van der Waals surface area contributed by atoms with Crippen molar-refractivity contribution in [1.29, 1.82) is 0 Å². The van der Waals surface area contributed by atoms with Gasteiger partial charge in [-0.2, -0.15) is 0 Å². The summed E-state index contributed by atoms with van der Waals surface area (Å²) < 4.78 is 5.35. The minimum Gasteiger partial charge on any atom is -0.397 e. The molecule has 0 fully saturated rings. The first-order valence-corrected chi connectivity index (χ1v) is 5.67. The number of hydrogen-bond donors (Lipinski definition) is 2. The maximum atomic E-state index is 11.6. The van der Waals surface area contributed by atoms with Gasteiger partial charge in [0.2, 0.25) is 0 Å². The van der Waals surface area contributed by atoms with E-state index >= 15 is 0 Å². The summed E-state index contributed by atoms with van der Waals surface area (Å²) in [6.45, 7) is 5.86. The van der Waals surface area contributed by atoms with E-state index in [1.165, 1.54) is 6.20 Å². The number of carbonyl (C=O) groups is 1. The van der Waals surface area contributed by atoms with E-state index in [-0.39, 0.29) is 5.91 Å². The van der Waals surface area contributed by atoms with Gasteiger partial charge in [-0.3, -0.25) is 4.79 Å². The molecule has 0 aliphatic rings. The number of nitrogen functional groups attached to an aromatic ring is 1. The lowest BCUT2D eigenvalue weighted by Crippen LogP contribution is -2.28. The molecule has 0 aliphatic heterocycles. The Morgan fingerprint density at radius 1 is 1.53 bits per heavy atom. The zero-order valence-corrected chi connectivity index (χ0v) is 10.3. The number of rotatable bonds is 6. The quantitative estimate of drug-likeness (QED) is 0.725. The topological polar surface area (TPSA) is 77.2 Å². The van der Waals surface area contributed by atoms with Crippen molar-refractivity contribution in [3.8, 4) is 0 Å². The second kappa shape index (κ2) is 6.85. The van der Waals surface area contributed by atoms with Crippen LogP contribution in [0.4, 0.5) is 5.69 Å². The molecule has 17 heavy (non-hydrogen) atoms. The molecule has 1 heterocycles. The number of anilines is 1. The molecule has 0 spiro atoms. The number of hydrogen-bond acceptors (Lipinski definition) is 4. The molecule has 0 bridgehead atoms. The van der Waals surface area contributed by atoms with Crippen LogP contribution in [0.25, 0.3) is 0 Å². The third-order valence-corrected chi connectivity index (χ3v) is 2.00. The number of nitrogens with zero attached hydrogens (tertiary/aromatic N) is 1. The zero-order chi connectivity index (χ0) is 12.7. The summed E-state index contributed by atoms with van der Waals surface area (Å²) in [5.41, 5.74) is 6.39. The number of aromatic nitrogens is 1. The minimum absolute atomic E-state index is 0.210. The summed E-state index contributed by atoms with van der Waals surface area (Å²) >= 11 is 0. The van der Waals surface area contributed by atoms with Crippen LogP contribution in [0.1, 0.15) is 24.3 Å². The van der Waals surface area contributed by atoms with E-state index in [4.69, 9.17) is 10.5 Å². The van der Waals surface area contributed by atoms with Gasteiger partial charge in [0.15, 0.2) is 0 Å². The molecule has 0 saturated carbocycles. The van der Waals surface area contributed by atoms with E-state index < -0.39 is 0 Å². The van der Waals surface area contributed by atoms with Crippen LogP contribution < -0.4 is 11.1 Å². The summed E-state index contributed by atoms with van der Waals surface area (Å²) in [6, 6.07) is 3.25. The predicted molar refractivity (Wildman–Crippen MR) is 66.6 cm³/mol. The van der Waals surface area contributed by atoms with Crippen LogP contribution in [0.5, 0.6) is 0 Å². The van der Waals surface area contributed by atoms with Gasteiger partial charge >= 0.3 is 0 Å². The summed E-state index contributed by atoms with van der Waals surface area (Å²) in [4.78, 5) is 15.5. The Hall–Kier alpha value is -1.62. The van der Waals surface area contributed by atoms with E-state index in [0.717, 1.165) is 0 Å². The zero-order valence-electron chi connectivity index (χ0n) is 10.3. The molecule has 1 aromatic rings. The minimum atomic E-state index is -0.210. The van der Waals surface area contributed by atoms with Crippen LogP contribution in [0.15, 0.2) is 18.3 Å². The van der Waals surface area contributed by atoms with Crippen LogP contribution >= 0.6 is 0 Å². The van der Waals surface area contributed by atoms with Crippen LogP contribution in [-0.2, 0) is 4.74 Å². The SMILES string of the molecule is CC(C)COCCNC(=O)c1ccc(N)cn1. The van der Waals surface area contributed by atoms with Crippen molar-refractivity contribution in [1.82, 2.24) is 10.3 Å². The first-order valence-electron chi connectivity index (χ1n) is 5.67. The monoisotopic (exact) mass is 237 g/mol. The lowest BCUT2D eigenvalue weighted by atomic mass is 10.2. The molecule has 0 aromatic carbocycles. The molecule has 1 amide bonds. The van der Waals surface area contributed by atoms with Crippen LogP contribution in [0, 0.1) is 5.92 Å². The molecule has 5 heteroatoms. The second-order valence-electron chi connectivity index (χ2n) is 4.20. The molecule has 1 rings (SSSR count). The number of ether oxygens (including phenoxy) is 1. The van der Waals surface area contributed by atoms with Gasteiger partial charge in [0.25, 0.3) is 5.91 Å². The number of carbonyl (C=O) groups excluding carboxylic acids is 1. The molecule has 0 atom stereocenters. The largest absolute Gasteiger partial charge is 0.397 e. The third-order valence-electron chi connectivity index (χ3n) is 2.00. The summed E-state index contributed by atoms with van der Waals surface area (Å²) in [7, 11) is 0. The molecule has 5 nitrogen and oxygen atoms in total. The number of nitrogens with two attached hydrogens (primary N) is 1. The van der Waals surface area contributed by atoms with Crippen LogP contribution in [0.3, 0.4) is 0 Å². The average Bonchev–Trinajstić information content (AvgIpc) is 2.29. The average molecular weight is 237 g/mol. The molecule has 3 N–H and O–H groups in total. The van der Waals surface area contributed by atoms with Crippen molar-refractivity contribution in [2.75, 3.05) is 25.5 Å². The summed E-state index contributed by atoms with van der Waals surface area (Å²) in [5.74, 6) is 0.294. The highest BCUT2D eigenvalue weighted by atomic mass is 16.5. The Labute approximate surface area is 101 Å². The first kappa shape index (κ1) is 13.4. The van der Waals surface area contributed by atoms with Gasteiger partial charge in [0.05, 0.1) is 18.5 Å². The normalized spacial score (nSPS) is 10.5. The number of amides is 1. The maximum Gasteiger partial charge on any atom is 0.269 e. The van der Waals surface area contributed by atoms with Gasteiger partial charge in [-0.1, -0.05) is 13.8 Å². The van der Waals surface area contributed by atoms with Crippen molar-refractivity contribution in [3.05, 3.63) is 24.0 Å². The van der Waals surface area contributed by atoms with Gasteiger partial charge in [-0.05, 0) is 18.1 Å². The fourth-order valence-electron chi connectivity index (χ4n) is 1.19. The van der Waals surface area contributed by atoms with Crippen LogP contribution in [-0.4, -0.2) is 30.6 Å². The number of nitrogens with one attached hydrogen (secondary N) is 1. The fourth-order valence-corrected chi connectivity index (χ4v) is 1.19. The molecule has 0 radical (unpaired) electrons. The van der Waals surface area contributed by atoms with Crippen molar-refractivity contribution in [2.45, 2.75) is 13.8 Å². The smallest absolute Gasteiger partial charge is 0.269 e. The molecular formula is C12H19N3O2. The van der Waals surface area contributed by atoms with Gasteiger partial charge in [-0.25, -0.2) is 4.98 Å². The van der Waals surface area contributed by atoms with Crippen molar-refractivity contribution in [3.63, 3.8) is 0 Å². The molecule has 0 unspecified atom stereocenters. The molecule has 0 saturated heterocycles. The van der Waals surface area contributed by atoms with E-state index in [1.54, 1.807) is 12.1 Å². The van der Waals surface area contributed by atoms with Gasteiger partial charge in [0, 0.05) is 13.2 Å². The highest BCUT2D eigenvalue weighted by Gasteiger charge is 2.05. The van der Waals surface area contributed by atoms with Crippen molar-refractivity contribution in [2.24, 2.45) is 5.92 Å². The van der Waals surface area contributed by atoms with E-state index in [2.05, 4.69) is 24.1 Å². The van der Waals surface area contributed by atoms with Crippen molar-refractivity contribution < 1.29 is 9.53 Å².